The number of fused-ring (bicyclic) bond motifs is 1. The number of aromatic amines is 1. The van der Waals surface area contributed by atoms with Gasteiger partial charge in [0.1, 0.15) is 17.3 Å². The van der Waals surface area contributed by atoms with Crippen molar-refractivity contribution in [3.8, 4) is 0 Å². The number of hydroxylamine groups is 1. The van der Waals surface area contributed by atoms with Crippen LogP contribution in [0.1, 0.15) is 50.9 Å². The van der Waals surface area contributed by atoms with E-state index < -0.39 is 17.4 Å². The van der Waals surface area contributed by atoms with Gasteiger partial charge in [-0.3, -0.25) is 19.6 Å². The van der Waals surface area contributed by atoms with Crippen LogP contribution < -0.4 is 10.8 Å². The van der Waals surface area contributed by atoms with Crippen molar-refractivity contribution in [1.82, 2.24) is 25.7 Å². The molecule has 3 amide bonds. The van der Waals surface area contributed by atoms with E-state index >= 15 is 0 Å². The number of likely N-dealkylation sites (tertiary alicyclic amines) is 1. The number of carbonyl (C=O) groups excluding carboxylic acids is 3. The number of aryl methyl sites for hydroxylation is 1. The number of hydrogen-bond donors (Lipinski definition) is 4. The van der Waals surface area contributed by atoms with Gasteiger partial charge in [-0.1, -0.05) is 6.07 Å². The van der Waals surface area contributed by atoms with Crippen LogP contribution in [-0.4, -0.2) is 56.9 Å². The van der Waals surface area contributed by atoms with Gasteiger partial charge in [-0.25, -0.2) is 10.5 Å². The molecule has 1 aromatic heterocycles. The van der Waals surface area contributed by atoms with E-state index in [0.29, 0.717) is 44.6 Å². The molecule has 162 valence electrons. The lowest BCUT2D eigenvalue weighted by atomic mass is 9.88. The Bertz CT molecular complexity index is 956. The summed E-state index contributed by atoms with van der Waals surface area (Å²) in [6, 6.07) is 5.11. The van der Waals surface area contributed by atoms with Gasteiger partial charge in [0.05, 0.1) is 11.0 Å². The third kappa shape index (κ3) is 4.30. The molecule has 1 fully saturated rings. The second kappa shape index (κ2) is 8.83. The molecule has 0 bridgehead atoms. The van der Waals surface area contributed by atoms with Crippen molar-refractivity contribution < 1.29 is 19.6 Å². The number of aromatic nitrogens is 2. The van der Waals surface area contributed by atoms with Crippen molar-refractivity contribution >= 4 is 28.8 Å². The normalized spacial score (nSPS) is 19.9. The zero-order chi connectivity index (χ0) is 21.9. The third-order valence-corrected chi connectivity index (χ3v) is 5.81. The zero-order valence-electron chi connectivity index (χ0n) is 17.6. The van der Waals surface area contributed by atoms with Crippen molar-refractivity contribution in [1.29, 1.82) is 0 Å². The smallest absolute Gasteiger partial charge is 0.266 e. The predicted octanol–water partition coefficient (Wildman–Crippen LogP) is 1.54. The Kier molecular flexibility index (Phi) is 6.40. The Hall–Kier alpha value is -2.94. The van der Waals surface area contributed by atoms with Gasteiger partial charge in [0.25, 0.3) is 5.91 Å². The number of nitrogens with zero attached hydrogens (tertiary/aromatic N) is 2. The molecule has 1 saturated heterocycles. The monoisotopic (exact) mass is 415 g/mol. The molecule has 0 radical (unpaired) electrons. The van der Waals surface area contributed by atoms with Crippen LogP contribution in [0, 0.1) is 6.92 Å². The molecule has 9 heteroatoms. The van der Waals surface area contributed by atoms with E-state index in [9.17, 15) is 19.6 Å². The lowest BCUT2D eigenvalue weighted by Gasteiger charge is -2.28. The number of imidazole rings is 1. The van der Waals surface area contributed by atoms with Crippen molar-refractivity contribution in [2.24, 2.45) is 0 Å². The van der Waals surface area contributed by atoms with Crippen LogP contribution in [0.2, 0.25) is 0 Å². The minimum atomic E-state index is -0.864. The number of H-pyrrole nitrogens is 1. The molecule has 0 spiro atoms. The summed E-state index contributed by atoms with van der Waals surface area (Å²) in [6.07, 6.45) is 2.22. The van der Waals surface area contributed by atoms with Gasteiger partial charge in [0, 0.05) is 20.0 Å². The molecule has 0 aliphatic carbocycles. The molecular weight excluding hydrogens is 386 g/mol. The lowest BCUT2D eigenvalue weighted by Crippen LogP contribution is -2.49. The van der Waals surface area contributed by atoms with E-state index in [1.807, 2.05) is 32.0 Å². The van der Waals surface area contributed by atoms with Gasteiger partial charge in [0.15, 0.2) is 0 Å². The Morgan fingerprint density at radius 3 is 2.83 bits per heavy atom. The van der Waals surface area contributed by atoms with Crippen LogP contribution in [0.5, 0.6) is 0 Å². The van der Waals surface area contributed by atoms with Crippen molar-refractivity contribution in [2.75, 3.05) is 13.1 Å². The molecule has 3 rings (SSSR count). The number of amides is 3. The van der Waals surface area contributed by atoms with E-state index in [0.717, 1.165) is 16.6 Å². The number of carbonyl (C=O) groups is 3. The zero-order valence-corrected chi connectivity index (χ0v) is 17.6. The number of unbranched alkanes of at least 4 members (excludes halogenated alkanes) is 1. The van der Waals surface area contributed by atoms with Crippen LogP contribution in [0.25, 0.3) is 11.0 Å². The van der Waals surface area contributed by atoms with Gasteiger partial charge in [-0.2, -0.15) is 0 Å². The van der Waals surface area contributed by atoms with Gasteiger partial charge >= 0.3 is 0 Å². The number of hydrogen-bond acceptors (Lipinski definition) is 5. The quantitative estimate of drug-likeness (QED) is 0.295. The third-order valence-electron chi connectivity index (χ3n) is 5.81. The fraction of sp³-hybridized carbons (Fsp3) is 0.524. The molecule has 0 saturated carbocycles. The molecular formula is C21H29N5O4. The minimum Gasteiger partial charge on any atom is -0.356 e. The molecule has 1 aromatic carbocycles. The highest BCUT2D eigenvalue weighted by molar-refractivity contribution is 5.94. The fourth-order valence-corrected chi connectivity index (χ4v) is 4.00. The summed E-state index contributed by atoms with van der Waals surface area (Å²) in [5.41, 5.74) is 3.60. The van der Waals surface area contributed by atoms with E-state index in [1.165, 1.54) is 11.8 Å². The largest absolute Gasteiger partial charge is 0.356 e. The van der Waals surface area contributed by atoms with E-state index in [2.05, 4.69) is 15.3 Å². The van der Waals surface area contributed by atoms with Crippen LogP contribution in [0.3, 0.4) is 0 Å². The Morgan fingerprint density at radius 1 is 1.37 bits per heavy atom. The van der Waals surface area contributed by atoms with Crippen LogP contribution in [0.4, 0.5) is 0 Å². The Morgan fingerprint density at radius 2 is 2.13 bits per heavy atom. The first-order chi connectivity index (χ1) is 14.3. The molecule has 1 aliphatic heterocycles. The van der Waals surface area contributed by atoms with Gasteiger partial charge < -0.3 is 15.2 Å². The molecule has 2 heterocycles. The predicted molar refractivity (Wildman–Crippen MR) is 111 cm³/mol. The number of nitrogens with one attached hydrogen (secondary N) is 3. The van der Waals surface area contributed by atoms with E-state index in [4.69, 9.17) is 0 Å². The van der Waals surface area contributed by atoms with E-state index in [1.54, 1.807) is 5.48 Å². The maximum absolute atomic E-state index is 13.4. The topological polar surface area (TPSA) is 127 Å². The first kappa shape index (κ1) is 21.8. The van der Waals surface area contributed by atoms with Crippen LogP contribution in [-0.2, 0) is 19.8 Å². The Labute approximate surface area is 175 Å². The summed E-state index contributed by atoms with van der Waals surface area (Å²) in [5.74, 6) is -0.309. The highest BCUT2D eigenvalue weighted by atomic mass is 16.5. The Balaban J connectivity index is 1.75. The van der Waals surface area contributed by atoms with E-state index in [-0.39, 0.29) is 11.8 Å². The maximum Gasteiger partial charge on any atom is 0.266 e. The number of benzene rings is 1. The summed E-state index contributed by atoms with van der Waals surface area (Å²) in [4.78, 5) is 46.1. The van der Waals surface area contributed by atoms with Gasteiger partial charge in [0.2, 0.25) is 11.8 Å². The molecule has 4 N–H and O–H groups in total. The molecule has 30 heavy (non-hydrogen) atoms. The molecule has 2 aromatic rings. The summed E-state index contributed by atoms with van der Waals surface area (Å²) < 4.78 is 0. The highest BCUT2D eigenvalue weighted by Gasteiger charge is 2.49. The number of rotatable bonds is 8. The molecule has 2 unspecified atom stereocenters. The summed E-state index contributed by atoms with van der Waals surface area (Å²) in [7, 11) is 0. The molecule has 9 nitrogen and oxygen atoms in total. The SMILES string of the molecule is CC(=O)NCCCCC(C(=O)NO)N1CCC(C)(c2nc3ccc(C)cc3[nH]2)C1=O. The van der Waals surface area contributed by atoms with Crippen molar-refractivity contribution in [3.05, 3.63) is 29.6 Å². The van der Waals surface area contributed by atoms with Crippen molar-refractivity contribution in [3.63, 3.8) is 0 Å². The first-order valence-corrected chi connectivity index (χ1v) is 10.2. The second-order valence-electron chi connectivity index (χ2n) is 8.16. The van der Waals surface area contributed by atoms with Gasteiger partial charge in [-0.05, 0) is 57.2 Å². The van der Waals surface area contributed by atoms with Gasteiger partial charge in [-0.15, -0.1) is 0 Å². The summed E-state index contributed by atoms with van der Waals surface area (Å²) in [6.45, 7) is 6.19. The average molecular weight is 415 g/mol. The maximum atomic E-state index is 13.4. The molecule has 2 atom stereocenters. The highest BCUT2D eigenvalue weighted by Crippen LogP contribution is 2.36. The second-order valence-corrected chi connectivity index (χ2v) is 8.16. The summed E-state index contributed by atoms with van der Waals surface area (Å²) >= 11 is 0. The summed E-state index contributed by atoms with van der Waals surface area (Å²) in [5, 5.41) is 11.9. The lowest BCUT2D eigenvalue weighted by molar-refractivity contribution is -0.144. The standard InChI is InChI=1S/C21H29N5O4/c1-13-7-8-15-16(12-13)24-19(23-15)21(3)9-11-26(20(21)29)17(18(28)25-30)6-4-5-10-22-14(2)27/h7-8,12,17,30H,4-6,9-11H2,1-3H3,(H,22,27)(H,23,24)(H,25,28). The fourth-order valence-electron chi connectivity index (χ4n) is 4.00. The minimum absolute atomic E-state index is 0.105. The average Bonchev–Trinajstić information content (AvgIpc) is 3.26. The molecule has 1 aliphatic rings. The first-order valence-electron chi connectivity index (χ1n) is 10.2. The van der Waals surface area contributed by atoms with Crippen molar-refractivity contribution in [2.45, 2.75) is 57.9 Å². The van der Waals surface area contributed by atoms with Crippen LogP contribution in [0.15, 0.2) is 18.2 Å². The van der Waals surface area contributed by atoms with Crippen LogP contribution >= 0.6 is 0 Å².